The van der Waals surface area contributed by atoms with Crippen LogP contribution in [0.15, 0.2) is 15.3 Å². The van der Waals surface area contributed by atoms with E-state index in [0.29, 0.717) is 5.92 Å². The highest BCUT2D eigenvalue weighted by Crippen LogP contribution is 2.39. The lowest BCUT2D eigenvalue weighted by molar-refractivity contribution is 0.393. The van der Waals surface area contributed by atoms with E-state index in [1.165, 1.54) is 12.8 Å². The van der Waals surface area contributed by atoms with Crippen LogP contribution >= 0.6 is 15.9 Å². The van der Waals surface area contributed by atoms with E-state index in [0.717, 1.165) is 10.4 Å². The number of hydrogen-bond donors (Lipinski definition) is 0. The fraction of sp³-hybridized carbons (Fsp3) is 0.500. The van der Waals surface area contributed by atoms with Crippen LogP contribution in [0.3, 0.4) is 0 Å². The first-order valence-corrected chi connectivity index (χ1v) is 3.77. The quantitative estimate of drug-likeness (QED) is 0.675. The molecule has 0 unspecified atom stereocenters. The largest absolute Gasteiger partial charge is 0.349 e. The minimum atomic E-state index is 0.694. The highest BCUT2D eigenvalue weighted by Gasteiger charge is 2.26. The summed E-state index contributed by atoms with van der Waals surface area (Å²) in [4.78, 5) is 0. The van der Waals surface area contributed by atoms with Crippen molar-refractivity contribution in [2.75, 3.05) is 0 Å². The molecule has 0 amide bonds. The Balaban J connectivity index is 2.28. The third-order valence-electron chi connectivity index (χ3n) is 1.50. The average molecular weight is 188 g/mol. The summed E-state index contributed by atoms with van der Waals surface area (Å²) in [5, 5.41) is 3.86. The lowest BCUT2D eigenvalue weighted by Crippen LogP contribution is -1.73. The van der Waals surface area contributed by atoms with Gasteiger partial charge >= 0.3 is 0 Å². The van der Waals surface area contributed by atoms with Crippen molar-refractivity contribution < 1.29 is 4.52 Å². The summed E-state index contributed by atoms with van der Waals surface area (Å²) in [7, 11) is 0. The molecule has 0 saturated heterocycles. The summed E-state index contributed by atoms with van der Waals surface area (Å²) >= 11 is 3.20. The molecule has 1 saturated carbocycles. The number of rotatable bonds is 1. The van der Waals surface area contributed by atoms with Crippen LogP contribution in [0.5, 0.6) is 0 Å². The van der Waals surface area contributed by atoms with E-state index in [2.05, 4.69) is 21.1 Å². The molecule has 3 heteroatoms. The maximum Gasteiger partial charge on any atom is 0.202 e. The Hall–Kier alpha value is -0.310. The molecule has 1 aromatic heterocycles. The van der Waals surface area contributed by atoms with Crippen LogP contribution in [0.2, 0.25) is 0 Å². The topological polar surface area (TPSA) is 26.0 Å². The molecule has 0 aromatic carbocycles. The molecule has 0 spiro atoms. The van der Waals surface area contributed by atoms with Crippen molar-refractivity contribution in [2.45, 2.75) is 18.8 Å². The van der Waals surface area contributed by atoms with Crippen molar-refractivity contribution >= 4 is 15.9 Å². The molecule has 48 valence electrons. The van der Waals surface area contributed by atoms with Crippen molar-refractivity contribution in [2.24, 2.45) is 0 Å². The molecule has 0 atom stereocenters. The van der Waals surface area contributed by atoms with Gasteiger partial charge in [-0.25, -0.2) is 0 Å². The van der Waals surface area contributed by atoms with Crippen molar-refractivity contribution in [1.29, 1.82) is 0 Å². The van der Waals surface area contributed by atoms with Crippen LogP contribution in [-0.4, -0.2) is 5.16 Å². The van der Waals surface area contributed by atoms with E-state index in [-0.39, 0.29) is 0 Å². The Morgan fingerprint density at radius 3 is 2.89 bits per heavy atom. The third-order valence-corrected chi connectivity index (χ3v) is 1.87. The molecular weight excluding hydrogens is 182 g/mol. The molecule has 0 aliphatic heterocycles. The maximum absolute atomic E-state index is 4.83. The zero-order chi connectivity index (χ0) is 6.27. The van der Waals surface area contributed by atoms with Gasteiger partial charge in [0.2, 0.25) is 4.67 Å². The van der Waals surface area contributed by atoms with Gasteiger partial charge in [-0.05, 0) is 28.8 Å². The summed E-state index contributed by atoms with van der Waals surface area (Å²) in [5.74, 6) is 0.694. The van der Waals surface area contributed by atoms with E-state index in [9.17, 15) is 0 Å². The van der Waals surface area contributed by atoms with Gasteiger partial charge in [-0.1, -0.05) is 5.16 Å². The van der Waals surface area contributed by atoms with E-state index in [1.54, 1.807) is 0 Å². The standard InChI is InChI=1S/C6H6BrNO/c7-6-3-5(8-9-6)4-1-2-4/h3-4H,1-2H2. The number of halogens is 1. The van der Waals surface area contributed by atoms with E-state index in [1.807, 2.05) is 6.07 Å². The zero-order valence-corrected chi connectivity index (χ0v) is 6.39. The van der Waals surface area contributed by atoms with Gasteiger partial charge in [0.05, 0.1) is 5.69 Å². The highest BCUT2D eigenvalue weighted by atomic mass is 79.9. The first-order valence-electron chi connectivity index (χ1n) is 2.98. The lowest BCUT2D eigenvalue weighted by Gasteiger charge is -1.78. The molecule has 1 aromatic rings. The molecule has 1 fully saturated rings. The fourth-order valence-electron chi connectivity index (χ4n) is 0.837. The molecule has 1 aliphatic carbocycles. The zero-order valence-electron chi connectivity index (χ0n) is 4.80. The van der Waals surface area contributed by atoms with E-state index >= 15 is 0 Å². The van der Waals surface area contributed by atoms with Gasteiger partial charge in [0.1, 0.15) is 0 Å². The molecule has 0 N–H and O–H groups in total. The SMILES string of the molecule is Brc1cc(C2CC2)no1. The number of hydrogen-bond acceptors (Lipinski definition) is 2. The normalized spacial score (nSPS) is 18.3. The Kier molecular flexibility index (Phi) is 1.12. The van der Waals surface area contributed by atoms with Crippen LogP contribution in [-0.2, 0) is 0 Å². The first-order chi connectivity index (χ1) is 4.36. The van der Waals surface area contributed by atoms with Crippen LogP contribution in [0, 0.1) is 0 Å². The predicted octanol–water partition coefficient (Wildman–Crippen LogP) is 2.31. The first kappa shape index (κ1) is 5.47. The lowest BCUT2D eigenvalue weighted by atomic mass is 10.3. The Morgan fingerprint density at radius 1 is 1.67 bits per heavy atom. The fourth-order valence-corrected chi connectivity index (χ4v) is 1.14. The monoisotopic (exact) mass is 187 g/mol. The summed E-state index contributed by atoms with van der Waals surface area (Å²) < 4.78 is 5.57. The van der Waals surface area contributed by atoms with Gasteiger partial charge in [-0.3, -0.25) is 0 Å². The molecule has 2 nitrogen and oxygen atoms in total. The van der Waals surface area contributed by atoms with Crippen LogP contribution < -0.4 is 0 Å². The Morgan fingerprint density at radius 2 is 2.44 bits per heavy atom. The summed E-state index contributed by atoms with van der Waals surface area (Å²) in [5.41, 5.74) is 1.10. The summed E-state index contributed by atoms with van der Waals surface area (Å²) in [6, 6.07) is 1.94. The van der Waals surface area contributed by atoms with Crippen molar-refractivity contribution in [3.63, 3.8) is 0 Å². The van der Waals surface area contributed by atoms with Gasteiger partial charge in [-0.2, -0.15) is 0 Å². The second-order valence-electron chi connectivity index (χ2n) is 2.33. The minimum absolute atomic E-state index is 0.694. The van der Waals surface area contributed by atoms with Gasteiger partial charge in [0, 0.05) is 12.0 Å². The van der Waals surface area contributed by atoms with Gasteiger partial charge in [0.25, 0.3) is 0 Å². The van der Waals surface area contributed by atoms with Gasteiger partial charge in [-0.15, -0.1) is 0 Å². The number of aromatic nitrogens is 1. The third kappa shape index (κ3) is 1.01. The second kappa shape index (κ2) is 1.84. The Labute approximate surface area is 61.4 Å². The predicted molar refractivity (Wildman–Crippen MR) is 36.2 cm³/mol. The summed E-state index contributed by atoms with van der Waals surface area (Å²) in [6.07, 6.45) is 2.55. The van der Waals surface area contributed by atoms with Crippen LogP contribution in [0.25, 0.3) is 0 Å². The van der Waals surface area contributed by atoms with E-state index < -0.39 is 0 Å². The molecule has 0 bridgehead atoms. The molecular formula is C6H6BrNO. The van der Waals surface area contributed by atoms with Gasteiger partial charge in [0.15, 0.2) is 0 Å². The van der Waals surface area contributed by atoms with E-state index in [4.69, 9.17) is 4.52 Å². The van der Waals surface area contributed by atoms with Gasteiger partial charge < -0.3 is 4.52 Å². The van der Waals surface area contributed by atoms with Crippen LogP contribution in [0.4, 0.5) is 0 Å². The van der Waals surface area contributed by atoms with Crippen molar-refractivity contribution in [3.8, 4) is 0 Å². The highest BCUT2D eigenvalue weighted by molar-refractivity contribution is 9.10. The molecule has 0 radical (unpaired) electrons. The van der Waals surface area contributed by atoms with Crippen molar-refractivity contribution in [1.82, 2.24) is 5.16 Å². The second-order valence-corrected chi connectivity index (χ2v) is 3.11. The minimum Gasteiger partial charge on any atom is -0.349 e. The molecule has 1 aliphatic rings. The summed E-state index contributed by atoms with van der Waals surface area (Å²) in [6.45, 7) is 0. The smallest absolute Gasteiger partial charge is 0.202 e. The average Bonchev–Trinajstić information content (AvgIpc) is 2.58. The Bertz CT molecular complexity index is 217. The van der Waals surface area contributed by atoms with Crippen LogP contribution in [0.1, 0.15) is 24.5 Å². The van der Waals surface area contributed by atoms with Crippen molar-refractivity contribution in [3.05, 3.63) is 16.4 Å². The maximum atomic E-state index is 4.83. The molecule has 1 heterocycles. The molecule has 9 heavy (non-hydrogen) atoms. The number of nitrogens with zero attached hydrogens (tertiary/aromatic N) is 1. The molecule has 2 rings (SSSR count).